The van der Waals surface area contributed by atoms with Crippen LogP contribution in [0.4, 0.5) is 17.5 Å². The lowest BCUT2D eigenvalue weighted by molar-refractivity contribution is -0.120. The summed E-state index contributed by atoms with van der Waals surface area (Å²) >= 11 is 0. The van der Waals surface area contributed by atoms with Crippen LogP contribution in [0.1, 0.15) is 32.6 Å². The van der Waals surface area contributed by atoms with Gasteiger partial charge in [0.15, 0.2) is 5.82 Å². The van der Waals surface area contributed by atoms with Crippen molar-refractivity contribution in [3.63, 3.8) is 0 Å². The molecule has 2 fully saturated rings. The van der Waals surface area contributed by atoms with Crippen molar-refractivity contribution in [2.75, 3.05) is 41.3 Å². The number of benzene rings is 1. The first kappa shape index (κ1) is 22.3. The summed E-state index contributed by atoms with van der Waals surface area (Å²) in [5.74, 6) is 3.08. The Morgan fingerprint density at radius 3 is 2.26 bits per heavy atom. The molecule has 176 valence electrons. The number of nitrogens with one attached hydrogen (secondary N) is 1. The third-order valence-electron chi connectivity index (χ3n) is 6.92. The van der Waals surface area contributed by atoms with Crippen molar-refractivity contribution in [3.05, 3.63) is 54.9 Å². The maximum atomic E-state index is 12.9. The quantitative estimate of drug-likeness (QED) is 0.619. The van der Waals surface area contributed by atoms with E-state index in [1.807, 2.05) is 48.5 Å². The van der Waals surface area contributed by atoms with Gasteiger partial charge < -0.3 is 15.1 Å². The molecule has 1 amide bonds. The number of carbonyl (C=O) groups is 1. The lowest BCUT2D eigenvalue weighted by Crippen LogP contribution is -2.38. The highest BCUT2D eigenvalue weighted by Gasteiger charge is 2.26. The molecule has 0 atom stereocenters. The zero-order valence-electron chi connectivity index (χ0n) is 19.6. The van der Waals surface area contributed by atoms with Gasteiger partial charge in [-0.3, -0.25) is 4.79 Å². The fourth-order valence-corrected chi connectivity index (χ4v) is 4.68. The van der Waals surface area contributed by atoms with E-state index in [4.69, 9.17) is 0 Å². The highest BCUT2D eigenvalue weighted by molar-refractivity contribution is 5.92. The lowest BCUT2D eigenvalue weighted by atomic mass is 9.96. The Balaban J connectivity index is 1.15. The van der Waals surface area contributed by atoms with Crippen LogP contribution in [0.2, 0.25) is 0 Å². The lowest BCUT2D eigenvalue weighted by Gasteiger charge is -2.32. The van der Waals surface area contributed by atoms with Crippen LogP contribution in [-0.4, -0.2) is 52.3 Å². The van der Waals surface area contributed by atoms with Crippen LogP contribution in [0.25, 0.3) is 11.3 Å². The van der Waals surface area contributed by atoms with E-state index in [0.29, 0.717) is 5.82 Å². The van der Waals surface area contributed by atoms with Gasteiger partial charge in [-0.2, -0.15) is 0 Å². The molecule has 1 N–H and O–H groups in total. The molecule has 3 aromatic rings. The molecule has 2 aliphatic rings. The number of hydrogen-bond acceptors (Lipinski definition) is 7. The highest BCUT2D eigenvalue weighted by atomic mass is 16.2. The SMILES string of the molecule is CC1CCN(c2cc(NC(=O)C3CCN(c4ccc(-c5ccccc5)nn4)CC3)ncn2)CC1. The summed E-state index contributed by atoms with van der Waals surface area (Å²) in [4.78, 5) is 26.1. The molecule has 2 aliphatic heterocycles. The summed E-state index contributed by atoms with van der Waals surface area (Å²) in [6.07, 6.45) is 5.43. The second-order valence-electron chi connectivity index (χ2n) is 9.32. The van der Waals surface area contributed by atoms with Gasteiger partial charge in [-0.15, -0.1) is 10.2 Å². The summed E-state index contributed by atoms with van der Waals surface area (Å²) in [6.45, 7) is 5.84. The summed E-state index contributed by atoms with van der Waals surface area (Å²) < 4.78 is 0. The number of amides is 1. The topological polar surface area (TPSA) is 87.1 Å². The molecule has 2 saturated heterocycles. The van der Waals surface area contributed by atoms with Gasteiger partial charge in [-0.1, -0.05) is 37.3 Å². The number of hydrogen-bond donors (Lipinski definition) is 1. The van der Waals surface area contributed by atoms with E-state index < -0.39 is 0 Å². The van der Waals surface area contributed by atoms with Gasteiger partial charge in [0.1, 0.15) is 18.0 Å². The maximum absolute atomic E-state index is 12.9. The zero-order valence-corrected chi connectivity index (χ0v) is 19.6. The van der Waals surface area contributed by atoms with E-state index in [9.17, 15) is 4.79 Å². The van der Waals surface area contributed by atoms with Crippen LogP contribution < -0.4 is 15.1 Å². The molecule has 8 nitrogen and oxygen atoms in total. The molecular formula is C26H31N7O. The first-order valence-electron chi connectivity index (χ1n) is 12.2. The van der Waals surface area contributed by atoms with E-state index in [0.717, 1.165) is 67.8 Å². The molecule has 34 heavy (non-hydrogen) atoms. The van der Waals surface area contributed by atoms with Crippen molar-refractivity contribution in [3.8, 4) is 11.3 Å². The van der Waals surface area contributed by atoms with Crippen molar-refractivity contribution in [1.82, 2.24) is 20.2 Å². The fourth-order valence-electron chi connectivity index (χ4n) is 4.68. The normalized spacial score (nSPS) is 17.6. The van der Waals surface area contributed by atoms with E-state index in [-0.39, 0.29) is 11.8 Å². The van der Waals surface area contributed by atoms with Gasteiger partial charge in [0, 0.05) is 43.7 Å². The van der Waals surface area contributed by atoms with Crippen molar-refractivity contribution in [2.24, 2.45) is 11.8 Å². The summed E-state index contributed by atoms with van der Waals surface area (Å²) in [7, 11) is 0. The third kappa shape index (κ3) is 5.16. The Kier molecular flexibility index (Phi) is 6.65. The van der Waals surface area contributed by atoms with Crippen LogP contribution in [-0.2, 0) is 4.79 Å². The number of piperidine rings is 2. The minimum atomic E-state index is -0.0398. The predicted octanol–water partition coefficient (Wildman–Crippen LogP) is 4.03. The van der Waals surface area contributed by atoms with E-state index in [1.54, 1.807) is 6.33 Å². The standard InChI is InChI=1S/C26H31N7O/c1-19-9-13-33(14-10-19)25-17-23(27-18-28-25)29-26(34)21-11-15-32(16-12-21)24-8-7-22(30-31-24)20-5-3-2-4-6-20/h2-8,17-19,21H,9-16H2,1H3,(H,27,28,29,34). The van der Waals surface area contributed by atoms with Crippen LogP contribution in [0, 0.1) is 11.8 Å². The third-order valence-corrected chi connectivity index (χ3v) is 6.92. The van der Waals surface area contributed by atoms with Crippen LogP contribution >= 0.6 is 0 Å². The summed E-state index contributed by atoms with van der Waals surface area (Å²) in [6, 6.07) is 16.0. The van der Waals surface area contributed by atoms with Crippen molar-refractivity contribution >= 4 is 23.4 Å². The second kappa shape index (κ2) is 10.2. The number of carbonyl (C=O) groups excluding carboxylic acids is 1. The molecule has 5 rings (SSSR count). The van der Waals surface area contributed by atoms with E-state index in [1.165, 1.54) is 12.8 Å². The Morgan fingerprint density at radius 1 is 0.853 bits per heavy atom. The molecule has 4 heterocycles. The average molecular weight is 458 g/mol. The smallest absolute Gasteiger partial charge is 0.228 e. The molecule has 0 aliphatic carbocycles. The summed E-state index contributed by atoms with van der Waals surface area (Å²) in [5.41, 5.74) is 1.92. The fraction of sp³-hybridized carbons (Fsp3) is 0.423. The Labute approximate surface area is 200 Å². The Morgan fingerprint density at radius 2 is 1.56 bits per heavy atom. The molecule has 0 unspecified atom stereocenters. The second-order valence-corrected chi connectivity index (χ2v) is 9.32. The molecular weight excluding hydrogens is 426 g/mol. The van der Waals surface area contributed by atoms with Crippen LogP contribution in [0.3, 0.4) is 0 Å². The van der Waals surface area contributed by atoms with Gasteiger partial charge in [0.2, 0.25) is 5.91 Å². The number of anilines is 3. The van der Waals surface area contributed by atoms with Crippen LogP contribution in [0.15, 0.2) is 54.9 Å². The van der Waals surface area contributed by atoms with E-state index in [2.05, 4.69) is 42.2 Å². The van der Waals surface area contributed by atoms with Crippen LogP contribution in [0.5, 0.6) is 0 Å². The summed E-state index contributed by atoms with van der Waals surface area (Å²) in [5, 5.41) is 11.8. The van der Waals surface area contributed by atoms with Crippen molar-refractivity contribution in [1.29, 1.82) is 0 Å². The Bertz CT molecular complexity index is 1090. The predicted molar refractivity (Wildman–Crippen MR) is 134 cm³/mol. The first-order chi connectivity index (χ1) is 16.7. The molecule has 0 bridgehead atoms. The first-order valence-corrected chi connectivity index (χ1v) is 12.2. The molecule has 1 aromatic carbocycles. The van der Waals surface area contributed by atoms with E-state index >= 15 is 0 Å². The van der Waals surface area contributed by atoms with Crippen molar-refractivity contribution in [2.45, 2.75) is 32.6 Å². The molecule has 0 spiro atoms. The highest BCUT2D eigenvalue weighted by Crippen LogP contribution is 2.26. The molecule has 0 saturated carbocycles. The number of aromatic nitrogens is 4. The Hall–Kier alpha value is -3.55. The van der Waals surface area contributed by atoms with Gasteiger partial charge in [0.05, 0.1) is 5.69 Å². The average Bonchev–Trinajstić information content (AvgIpc) is 2.90. The minimum Gasteiger partial charge on any atom is -0.356 e. The molecule has 8 heteroatoms. The largest absolute Gasteiger partial charge is 0.356 e. The molecule has 0 radical (unpaired) electrons. The zero-order chi connectivity index (χ0) is 23.3. The number of rotatable bonds is 5. The van der Waals surface area contributed by atoms with Gasteiger partial charge in [-0.25, -0.2) is 9.97 Å². The maximum Gasteiger partial charge on any atom is 0.228 e. The van der Waals surface area contributed by atoms with Crippen molar-refractivity contribution < 1.29 is 4.79 Å². The van der Waals surface area contributed by atoms with Gasteiger partial charge in [0.25, 0.3) is 0 Å². The monoisotopic (exact) mass is 457 g/mol. The number of nitrogens with zero attached hydrogens (tertiary/aromatic N) is 6. The molecule has 2 aromatic heterocycles. The van der Waals surface area contributed by atoms with Gasteiger partial charge >= 0.3 is 0 Å². The minimum absolute atomic E-state index is 0.0297. The van der Waals surface area contributed by atoms with Gasteiger partial charge in [-0.05, 0) is 43.7 Å².